The number of urea groups is 1. The van der Waals surface area contributed by atoms with E-state index in [1.54, 1.807) is 13.8 Å². The molecule has 0 bridgehead atoms. The minimum Gasteiger partial charge on any atom is -0.465 e. The molecule has 114 valence electrons. The molecule has 1 aromatic rings. The molecule has 0 radical (unpaired) electrons. The van der Waals surface area contributed by atoms with Gasteiger partial charge < -0.3 is 15.4 Å². The monoisotopic (exact) mass is 359 g/mol. The van der Waals surface area contributed by atoms with Crippen molar-refractivity contribution >= 4 is 39.3 Å². The number of carbonyl (C=O) groups is 2. The smallest absolute Gasteiger partial charge is 0.325 e. The summed E-state index contributed by atoms with van der Waals surface area (Å²) in [5.74, 6) is -0.568. The Kier molecular flexibility index (Phi) is 6.10. The van der Waals surface area contributed by atoms with E-state index >= 15 is 0 Å². The molecule has 0 spiro atoms. The second-order valence-electron chi connectivity index (χ2n) is 3.99. The van der Waals surface area contributed by atoms with E-state index < -0.39 is 16.9 Å². The molecule has 8 nitrogen and oxygen atoms in total. The molecular formula is C12H14BrN3O5. The van der Waals surface area contributed by atoms with Crippen molar-refractivity contribution in [3.05, 3.63) is 32.3 Å². The number of benzene rings is 1. The molecule has 2 N–H and O–H groups in total. The van der Waals surface area contributed by atoms with Crippen molar-refractivity contribution in [1.29, 1.82) is 0 Å². The van der Waals surface area contributed by atoms with Crippen molar-refractivity contribution in [3.8, 4) is 0 Å². The number of esters is 1. The first-order chi connectivity index (χ1) is 9.85. The maximum atomic E-state index is 11.6. The molecular weight excluding hydrogens is 346 g/mol. The van der Waals surface area contributed by atoms with Gasteiger partial charge in [0.1, 0.15) is 6.54 Å². The Bertz CT molecular complexity index is 576. The highest BCUT2D eigenvalue weighted by Gasteiger charge is 2.16. The maximum Gasteiger partial charge on any atom is 0.325 e. The number of rotatable bonds is 5. The van der Waals surface area contributed by atoms with Crippen LogP contribution in [0.25, 0.3) is 0 Å². The lowest BCUT2D eigenvalue weighted by Gasteiger charge is -2.09. The van der Waals surface area contributed by atoms with Crippen LogP contribution in [0, 0.1) is 17.0 Å². The summed E-state index contributed by atoms with van der Waals surface area (Å²) in [5.41, 5.74) is 0.580. The molecule has 21 heavy (non-hydrogen) atoms. The van der Waals surface area contributed by atoms with Gasteiger partial charge in [-0.25, -0.2) is 4.79 Å². The van der Waals surface area contributed by atoms with Crippen molar-refractivity contribution in [2.24, 2.45) is 0 Å². The summed E-state index contributed by atoms with van der Waals surface area (Å²) in [4.78, 5) is 33.0. The van der Waals surface area contributed by atoms with Crippen molar-refractivity contribution in [2.45, 2.75) is 13.8 Å². The van der Waals surface area contributed by atoms with Gasteiger partial charge in [-0.1, -0.05) is 0 Å². The molecule has 1 aromatic carbocycles. The molecule has 0 saturated heterocycles. The Hall–Kier alpha value is -2.16. The average Bonchev–Trinajstić information content (AvgIpc) is 2.39. The largest absolute Gasteiger partial charge is 0.465 e. The van der Waals surface area contributed by atoms with Crippen LogP contribution < -0.4 is 10.6 Å². The zero-order valence-electron chi connectivity index (χ0n) is 11.4. The number of nitro benzene ring substituents is 1. The lowest BCUT2D eigenvalue weighted by atomic mass is 10.2. The Morgan fingerprint density at radius 1 is 1.43 bits per heavy atom. The highest BCUT2D eigenvalue weighted by molar-refractivity contribution is 9.10. The first-order valence-electron chi connectivity index (χ1n) is 6.00. The number of hydrogen-bond acceptors (Lipinski definition) is 5. The summed E-state index contributed by atoms with van der Waals surface area (Å²) >= 11 is 3.21. The van der Waals surface area contributed by atoms with Gasteiger partial charge in [0.15, 0.2) is 0 Å². The molecule has 0 aromatic heterocycles. The van der Waals surface area contributed by atoms with Gasteiger partial charge in [-0.05, 0) is 35.8 Å². The summed E-state index contributed by atoms with van der Waals surface area (Å²) < 4.78 is 5.15. The fourth-order valence-corrected chi connectivity index (χ4v) is 2.04. The van der Waals surface area contributed by atoms with Gasteiger partial charge in [0.05, 0.1) is 17.2 Å². The van der Waals surface area contributed by atoms with Gasteiger partial charge in [-0.3, -0.25) is 14.9 Å². The summed E-state index contributed by atoms with van der Waals surface area (Å²) in [5, 5.41) is 15.6. The third-order valence-electron chi connectivity index (χ3n) is 2.43. The van der Waals surface area contributed by atoms with Crippen LogP contribution >= 0.6 is 15.9 Å². The molecule has 0 aliphatic carbocycles. The summed E-state index contributed by atoms with van der Waals surface area (Å²) in [6, 6.07) is 2.10. The highest BCUT2D eigenvalue weighted by Crippen LogP contribution is 2.30. The predicted molar refractivity (Wildman–Crippen MR) is 79.2 cm³/mol. The van der Waals surface area contributed by atoms with Gasteiger partial charge in [0, 0.05) is 16.1 Å². The molecule has 9 heteroatoms. The second-order valence-corrected chi connectivity index (χ2v) is 4.84. The van der Waals surface area contributed by atoms with Crippen molar-refractivity contribution in [2.75, 3.05) is 18.5 Å². The molecule has 0 heterocycles. The fraction of sp³-hybridized carbons (Fsp3) is 0.333. The van der Waals surface area contributed by atoms with Crippen LogP contribution in [-0.4, -0.2) is 30.1 Å². The Morgan fingerprint density at radius 2 is 2.10 bits per heavy atom. The number of nitrogens with zero attached hydrogens (tertiary/aromatic N) is 1. The van der Waals surface area contributed by atoms with E-state index in [-0.39, 0.29) is 24.5 Å². The van der Waals surface area contributed by atoms with Crippen molar-refractivity contribution in [3.63, 3.8) is 0 Å². The number of nitrogens with one attached hydrogen (secondary N) is 2. The average molecular weight is 360 g/mol. The summed E-state index contributed by atoms with van der Waals surface area (Å²) in [6.07, 6.45) is 0. The van der Waals surface area contributed by atoms with Crippen LogP contribution in [0.1, 0.15) is 12.5 Å². The fourth-order valence-electron chi connectivity index (χ4n) is 1.48. The van der Waals surface area contributed by atoms with E-state index in [1.165, 1.54) is 12.1 Å². The number of amides is 2. The molecule has 0 unspecified atom stereocenters. The van der Waals surface area contributed by atoms with E-state index in [1.807, 2.05) is 0 Å². The van der Waals surface area contributed by atoms with Crippen LogP contribution in [-0.2, 0) is 9.53 Å². The zero-order chi connectivity index (χ0) is 16.0. The molecule has 0 aliphatic rings. The van der Waals surface area contributed by atoms with Crippen LogP contribution in [0.5, 0.6) is 0 Å². The number of halogens is 1. The van der Waals surface area contributed by atoms with E-state index in [4.69, 9.17) is 0 Å². The summed E-state index contributed by atoms with van der Waals surface area (Å²) in [7, 11) is 0. The van der Waals surface area contributed by atoms with Crippen LogP contribution in [0.2, 0.25) is 0 Å². The van der Waals surface area contributed by atoms with Gasteiger partial charge in [0.25, 0.3) is 5.69 Å². The minimum atomic E-state index is -0.665. The number of nitro groups is 1. The van der Waals surface area contributed by atoms with E-state index in [9.17, 15) is 19.7 Å². The minimum absolute atomic E-state index is 0.112. The standard InChI is InChI=1S/C12H14BrN3O5/c1-3-21-11(17)6-14-12(18)15-9-5-10(16(19)20)7(2)4-8(9)13/h4-5H,3,6H2,1-2H3,(H2,14,15,18). The van der Waals surface area contributed by atoms with Crippen LogP contribution in [0.15, 0.2) is 16.6 Å². The lowest BCUT2D eigenvalue weighted by Crippen LogP contribution is -2.34. The van der Waals surface area contributed by atoms with E-state index in [2.05, 4.69) is 31.3 Å². The van der Waals surface area contributed by atoms with Crippen LogP contribution in [0.3, 0.4) is 0 Å². The first kappa shape index (κ1) is 16.9. The molecule has 0 aliphatic heterocycles. The lowest BCUT2D eigenvalue weighted by molar-refractivity contribution is -0.385. The predicted octanol–water partition coefficient (Wildman–Crippen LogP) is 2.35. The topological polar surface area (TPSA) is 111 Å². The van der Waals surface area contributed by atoms with E-state index in [0.29, 0.717) is 10.0 Å². The molecule has 0 fully saturated rings. The maximum absolute atomic E-state index is 11.6. The second kappa shape index (κ2) is 7.58. The molecule has 1 rings (SSSR count). The van der Waals surface area contributed by atoms with Gasteiger partial charge in [0.2, 0.25) is 0 Å². The number of hydrogen-bond donors (Lipinski definition) is 2. The number of anilines is 1. The molecule has 0 saturated carbocycles. The van der Waals surface area contributed by atoms with Gasteiger partial charge >= 0.3 is 12.0 Å². The number of aryl methyl sites for hydroxylation is 1. The highest BCUT2D eigenvalue weighted by atomic mass is 79.9. The quantitative estimate of drug-likeness (QED) is 0.476. The number of ether oxygens (including phenoxy) is 1. The number of carbonyl (C=O) groups excluding carboxylic acids is 2. The third kappa shape index (κ3) is 5.03. The Labute approximate surface area is 129 Å². The van der Waals surface area contributed by atoms with E-state index in [0.717, 1.165) is 0 Å². The molecule has 0 atom stereocenters. The zero-order valence-corrected chi connectivity index (χ0v) is 13.0. The van der Waals surface area contributed by atoms with Gasteiger partial charge in [-0.15, -0.1) is 0 Å². The Balaban J connectivity index is 2.74. The van der Waals surface area contributed by atoms with Gasteiger partial charge in [-0.2, -0.15) is 0 Å². The third-order valence-corrected chi connectivity index (χ3v) is 3.09. The van der Waals surface area contributed by atoms with Crippen molar-refractivity contribution in [1.82, 2.24) is 5.32 Å². The molecule has 2 amide bonds. The summed E-state index contributed by atoms with van der Waals surface area (Å²) in [6.45, 7) is 3.18. The van der Waals surface area contributed by atoms with Crippen LogP contribution in [0.4, 0.5) is 16.2 Å². The SMILES string of the molecule is CCOC(=O)CNC(=O)Nc1cc([N+](=O)[O-])c(C)cc1Br. The normalized spacial score (nSPS) is 9.86. The first-order valence-corrected chi connectivity index (χ1v) is 6.79. The van der Waals surface area contributed by atoms with Crippen molar-refractivity contribution < 1.29 is 19.2 Å². The Morgan fingerprint density at radius 3 is 2.67 bits per heavy atom.